The molecule has 0 aliphatic carbocycles. The van der Waals surface area contributed by atoms with E-state index in [4.69, 9.17) is 0 Å². The fourth-order valence-corrected chi connectivity index (χ4v) is 2.48. The molecule has 0 atom stereocenters. The lowest BCUT2D eigenvalue weighted by Crippen LogP contribution is -2.18. The van der Waals surface area contributed by atoms with Gasteiger partial charge in [-0.05, 0) is 25.0 Å². The smallest absolute Gasteiger partial charge is 0.0407 e. The Morgan fingerprint density at radius 3 is 2.46 bits per heavy atom. The van der Waals surface area contributed by atoms with Gasteiger partial charge in [-0.3, -0.25) is 4.21 Å². The summed E-state index contributed by atoms with van der Waals surface area (Å²) in [5.41, 5.74) is 1.16. The monoisotopic (exact) mass is 196 g/mol. The van der Waals surface area contributed by atoms with Crippen molar-refractivity contribution in [2.24, 2.45) is 5.10 Å². The van der Waals surface area contributed by atoms with Crippen LogP contribution in [0.3, 0.4) is 0 Å². The normalized spacial score (nSPS) is 23.1. The van der Waals surface area contributed by atoms with Gasteiger partial charge in [0.15, 0.2) is 0 Å². The van der Waals surface area contributed by atoms with E-state index < -0.39 is 10.8 Å². The van der Waals surface area contributed by atoms with E-state index in [0.29, 0.717) is 0 Å². The van der Waals surface area contributed by atoms with Crippen molar-refractivity contribution in [1.29, 1.82) is 0 Å². The molecule has 1 aliphatic heterocycles. The van der Waals surface area contributed by atoms with Gasteiger partial charge in [-0.15, -0.1) is 0 Å². The third-order valence-corrected chi connectivity index (χ3v) is 3.40. The molecule has 0 N–H and O–H groups in total. The van der Waals surface area contributed by atoms with Gasteiger partial charge in [-0.25, -0.2) is 4.68 Å². The van der Waals surface area contributed by atoms with Gasteiger partial charge in [-0.2, -0.15) is 5.10 Å². The van der Waals surface area contributed by atoms with E-state index in [2.05, 4.69) is 5.10 Å². The predicted molar refractivity (Wildman–Crippen MR) is 54.4 cm³/mol. The van der Waals surface area contributed by atoms with E-state index in [1.54, 1.807) is 0 Å². The third kappa shape index (κ3) is 2.28. The van der Waals surface area contributed by atoms with Crippen LogP contribution in [0.2, 0.25) is 0 Å². The molecule has 4 heteroatoms. The Bertz CT molecular complexity index is 317. The molecule has 0 bridgehead atoms. The summed E-state index contributed by atoms with van der Waals surface area (Å²) in [6.45, 7) is 0. The van der Waals surface area contributed by atoms with E-state index >= 15 is 0 Å². The van der Waals surface area contributed by atoms with Crippen molar-refractivity contribution in [2.75, 3.05) is 11.5 Å². The lowest BCUT2D eigenvalue weighted by Gasteiger charge is -2.11. The third-order valence-electron chi connectivity index (χ3n) is 2.08. The second kappa shape index (κ2) is 3.87. The highest BCUT2D eigenvalue weighted by atomic mass is 32.2. The summed E-state index contributed by atoms with van der Waals surface area (Å²) in [5, 5.41) is 4.41. The fraction of sp³-hybridized carbons (Fsp3) is 0.444. The van der Waals surface area contributed by atoms with Crippen LogP contribution in [0, 0.1) is 0 Å². The van der Waals surface area contributed by atoms with Crippen LogP contribution in [0.15, 0.2) is 29.6 Å². The quantitative estimate of drug-likeness (QED) is 0.665. The molecule has 0 unspecified atom stereocenters. The van der Waals surface area contributed by atoms with Crippen molar-refractivity contribution in [3.63, 3.8) is 0 Å². The van der Waals surface area contributed by atoms with Crippen molar-refractivity contribution in [2.45, 2.75) is 12.8 Å². The highest BCUT2D eigenvalue weighted by molar-refractivity contribution is 7.85. The van der Waals surface area contributed by atoms with Crippen LogP contribution in [0.4, 0.5) is 0 Å². The van der Waals surface area contributed by atoms with E-state index in [1.165, 1.54) is 0 Å². The van der Waals surface area contributed by atoms with E-state index in [9.17, 15) is 4.21 Å². The molecule has 0 radical (unpaired) electrons. The summed E-state index contributed by atoms with van der Waals surface area (Å²) in [6.07, 6.45) is 5.59. The summed E-state index contributed by atoms with van der Waals surface area (Å²) in [5.74, 6) is 1.56. The predicted octanol–water partition coefficient (Wildman–Crippen LogP) is 1.23. The maximum Gasteiger partial charge on any atom is 0.0407 e. The lowest BCUT2D eigenvalue weighted by molar-refractivity contribution is 0.680. The molecule has 1 aromatic rings. The second-order valence-corrected chi connectivity index (χ2v) is 4.77. The van der Waals surface area contributed by atoms with Crippen molar-refractivity contribution < 1.29 is 4.21 Å². The number of hydrogen-bond donors (Lipinski definition) is 0. The first kappa shape index (κ1) is 8.69. The molecule has 70 valence electrons. The molecule has 0 saturated carbocycles. The van der Waals surface area contributed by atoms with Crippen LogP contribution < -0.4 is 0 Å². The zero-order valence-corrected chi connectivity index (χ0v) is 8.17. The molecule has 1 aromatic heterocycles. The van der Waals surface area contributed by atoms with Gasteiger partial charge in [0.25, 0.3) is 0 Å². The molecule has 1 saturated heterocycles. The standard InChI is InChI=1S/C9H12N2OS/c12-13-7-3-9(4-8-13)10-11-5-1-2-6-11/h1-2,5-6H,3-4,7-8H2. The maximum absolute atomic E-state index is 11.1. The van der Waals surface area contributed by atoms with Gasteiger partial charge in [0.2, 0.25) is 0 Å². The first-order valence-electron chi connectivity index (χ1n) is 4.39. The summed E-state index contributed by atoms with van der Waals surface area (Å²) < 4.78 is 12.9. The highest BCUT2D eigenvalue weighted by Crippen LogP contribution is 2.06. The number of aromatic nitrogens is 1. The van der Waals surface area contributed by atoms with Crippen LogP contribution in [0.25, 0.3) is 0 Å². The Morgan fingerprint density at radius 1 is 1.23 bits per heavy atom. The van der Waals surface area contributed by atoms with Crippen molar-refractivity contribution in [1.82, 2.24) is 4.68 Å². The van der Waals surface area contributed by atoms with Crippen LogP contribution in [-0.2, 0) is 10.8 Å². The van der Waals surface area contributed by atoms with Crippen LogP contribution >= 0.6 is 0 Å². The average molecular weight is 196 g/mol. The Hall–Kier alpha value is -0.900. The highest BCUT2D eigenvalue weighted by Gasteiger charge is 2.12. The molecule has 1 fully saturated rings. The van der Waals surface area contributed by atoms with Crippen LogP contribution in [0.5, 0.6) is 0 Å². The largest absolute Gasteiger partial charge is 0.260 e. The Labute approximate surface area is 79.9 Å². The summed E-state index contributed by atoms with van der Waals surface area (Å²) in [6, 6.07) is 3.90. The summed E-state index contributed by atoms with van der Waals surface area (Å²) in [4.78, 5) is 0. The SMILES string of the molecule is O=S1CCC(=Nn2cccc2)CC1. The Kier molecular flexibility index (Phi) is 2.59. The molecule has 0 aromatic carbocycles. The first-order valence-corrected chi connectivity index (χ1v) is 5.88. The number of rotatable bonds is 1. The van der Waals surface area contributed by atoms with Crippen molar-refractivity contribution in [3.8, 4) is 0 Å². The Balaban J connectivity index is 2.05. The number of hydrogen-bond acceptors (Lipinski definition) is 2. The Morgan fingerprint density at radius 2 is 1.85 bits per heavy atom. The van der Waals surface area contributed by atoms with Gasteiger partial charge in [0, 0.05) is 40.4 Å². The van der Waals surface area contributed by atoms with Crippen LogP contribution in [0.1, 0.15) is 12.8 Å². The molecular formula is C9H12N2OS. The number of nitrogens with zero attached hydrogens (tertiary/aromatic N) is 2. The van der Waals surface area contributed by atoms with Crippen molar-refractivity contribution >= 4 is 16.5 Å². The zero-order chi connectivity index (χ0) is 9.10. The van der Waals surface area contributed by atoms with Crippen molar-refractivity contribution in [3.05, 3.63) is 24.5 Å². The second-order valence-electron chi connectivity index (χ2n) is 3.08. The van der Waals surface area contributed by atoms with E-state index in [-0.39, 0.29) is 0 Å². The molecule has 0 amide bonds. The minimum Gasteiger partial charge on any atom is -0.260 e. The average Bonchev–Trinajstić information content (AvgIpc) is 2.62. The van der Waals surface area contributed by atoms with Gasteiger partial charge in [0.1, 0.15) is 0 Å². The molecule has 13 heavy (non-hydrogen) atoms. The zero-order valence-electron chi connectivity index (χ0n) is 7.35. The summed E-state index contributed by atoms with van der Waals surface area (Å²) in [7, 11) is -0.599. The molecule has 2 rings (SSSR count). The van der Waals surface area contributed by atoms with Gasteiger partial charge in [-0.1, -0.05) is 0 Å². The van der Waals surface area contributed by atoms with E-state index in [0.717, 1.165) is 30.1 Å². The maximum atomic E-state index is 11.1. The molecule has 3 nitrogen and oxygen atoms in total. The minimum absolute atomic E-state index is 0.599. The molecule has 2 heterocycles. The lowest BCUT2D eigenvalue weighted by atomic mass is 10.2. The topological polar surface area (TPSA) is 34.4 Å². The first-order chi connectivity index (χ1) is 6.34. The molecular weight excluding hydrogens is 184 g/mol. The molecule has 0 spiro atoms. The summed E-state index contributed by atoms with van der Waals surface area (Å²) >= 11 is 0. The molecule has 1 aliphatic rings. The van der Waals surface area contributed by atoms with Crippen LogP contribution in [-0.4, -0.2) is 26.1 Å². The van der Waals surface area contributed by atoms with Gasteiger partial charge in [0.05, 0.1) is 0 Å². The van der Waals surface area contributed by atoms with Gasteiger partial charge >= 0.3 is 0 Å². The van der Waals surface area contributed by atoms with Gasteiger partial charge < -0.3 is 0 Å². The minimum atomic E-state index is -0.599. The van der Waals surface area contributed by atoms with E-state index in [1.807, 2.05) is 29.2 Å². The fourth-order valence-electron chi connectivity index (χ4n) is 1.35.